The summed E-state index contributed by atoms with van der Waals surface area (Å²) in [6.45, 7) is 3.81. The second-order valence-electron chi connectivity index (χ2n) is 4.36. The third kappa shape index (κ3) is 3.52. The Bertz CT molecular complexity index is 621. The summed E-state index contributed by atoms with van der Waals surface area (Å²) < 4.78 is 6.41. The lowest BCUT2D eigenvalue weighted by Crippen LogP contribution is -2.10. The maximum Gasteiger partial charge on any atom is 0.242 e. The summed E-state index contributed by atoms with van der Waals surface area (Å²) in [6.07, 6.45) is 1.37. The Labute approximate surface area is 130 Å². The second kappa shape index (κ2) is 6.28. The number of nitrogen functional groups attached to an aromatic ring is 1. The first kappa shape index (κ1) is 14.9. The Morgan fingerprint density at radius 2 is 2.10 bits per heavy atom. The van der Waals surface area contributed by atoms with Crippen LogP contribution in [0, 0.1) is 0 Å². The summed E-state index contributed by atoms with van der Waals surface area (Å²) in [5.74, 6) is 0.811. The molecular weight excluding hydrogens is 344 g/mol. The molecule has 5 nitrogen and oxygen atoms in total. The van der Waals surface area contributed by atoms with E-state index in [1.54, 1.807) is 6.07 Å². The number of nitrogens with zero attached hydrogens (tertiary/aromatic N) is 2. The minimum Gasteiger partial charge on any atom is -0.473 e. The van der Waals surface area contributed by atoms with Crippen molar-refractivity contribution in [1.29, 1.82) is 0 Å². The van der Waals surface area contributed by atoms with Gasteiger partial charge in [-0.1, -0.05) is 27.5 Å². The lowest BCUT2D eigenvalue weighted by molar-refractivity contribution is 0.234. The van der Waals surface area contributed by atoms with Gasteiger partial charge in [0.2, 0.25) is 5.88 Å². The Kier molecular flexibility index (Phi) is 4.67. The standard InChI is InChI=1S/C13H14BrClN4O/c1-7(2)20-13-11(16)12(17-6-18-13)19-10-4-3-8(14)5-9(10)15/h3-7H,16H2,1-2H3,(H,17,18,19). The normalized spacial score (nSPS) is 10.7. The van der Waals surface area contributed by atoms with Crippen molar-refractivity contribution in [3.05, 3.63) is 34.0 Å². The van der Waals surface area contributed by atoms with Gasteiger partial charge in [0.1, 0.15) is 12.0 Å². The van der Waals surface area contributed by atoms with Gasteiger partial charge in [-0.05, 0) is 32.0 Å². The topological polar surface area (TPSA) is 73.1 Å². The van der Waals surface area contributed by atoms with Gasteiger partial charge in [-0.25, -0.2) is 4.98 Å². The Balaban J connectivity index is 2.29. The van der Waals surface area contributed by atoms with Crippen molar-refractivity contribution in [1.82, 2.24) is 9.97 Å². The Hall–Kier alpha value is -1.53. The average Bonchev–Trinajstić information content (AvgIpc) is 2.36. The van der Waals surface area contributed by atoms with Crippen LogP contribution in [0.15, 0.2) is 29.0 Å². The molecule has 0 aliphatic heterocycles. The average molecular weight is 358 g/mol. The molecule has 106 valence electrons. The van der Waals surface area contributed by atoms with Crippen LogP contribution in [0.5, 0.6) is 5.88 Å². The zero-order valence-electron chi connectivity index (χ0n) is 11.0. The summed E-state index contributed by atoms with van der Waals surface area (Å²) >= 11 is 9.50. The summed E-state index contributed by atoms with van der Waals surface area (Å²) in [7, 11) is 0. The molecule has 1 heterocycles. The number of nitrogens with one attached hydrogen (secondary N) is 1. The predicted molar refractivity (Wildman–Crippen MR) is 84.6 cm³/mol. The molecule has 2 aromatic rings. The maximum absolute atomic E-state index is 6.15. The molecule has 0 fully saturated rings. The van der Waals surface area contributed by atoms with Crippen LogP contribution in [-0.2, 0) is 0 Å². The highest BCUT2D eigenvalue weighted by Crippen LogP contribution is 2.32. The van der Waals surface area contributed by atoms with Gasteiger partial charge < -0.3 is 15.8 Å². The molecule has 0 bridgehead atoms. The Morgan fingerprint density at radius 1 is 1.35 bits per heavy atom. The van der Waals surface area contributed by atoms with Gasteiger partial charge in [-0.15, -0.1) is 0 Å². The van der Waals surface area contributed by atoms with E-state index < -0.39 is 0 Å². The smallest absolute Gasteiger partial charge is 0.242 e. The van der Waals surface area contributed by atoms with Gasteiger partial charge in [-0.2, -0.15) is 4.98 Å². The van der Waals surface area contributed by atoms with Crippen LogP contribution in [0.4, 0.5) is 17.2 Å². The van der Waals surface area contributed by atoms with E-state index in [4.69, 9.17) is 22.1 Å². The van der Waals surface area contributed by atoms with Crippen LogP contribution in [0.25, 0.3) is 0 Å². The van der Waals surface area contributed by atoms with Gasteiger partial charge in [0.25, 0.3) is 0 Å². The molecule has 0 saturated carbocycles. The van der Waals surface area contributed by atoms with Crippen molar-refractivity contribution in [2.45, 2.75) is 20.0 Å². The largest absolute Gasteiger partial charge is 0.473 e. The molecule has 0 amide bonds. The van der Waals surface area contributed by atoms with E-state index in [1.165, 1.54) is 6.33 Å². The number of nitrogens with two attached hydrogens (primary N) is 1. The molecule has 1 aromatic heterocycles. The molecular formula is C13H14BrClN4O. The van der Waals surface area contributed by atoms with E-state index in [-0.39, 0.29) is 6.10 Å². The lowest BCUT2D eigenvalue weighted by Gasteiger charge is -2.14. The van der Waals surface area contributed by atoms with Gasteiger partial charge in [0.05, 0.1) is 16.8 Å². The molecule has 0 spiro atoms. The zero-order valence-corrected chi connectivity index (χ0v) is 13.4. The van der Waals surface area contributed by atoms with Gasteiger partial charge in [0, 0.05) is 4.47 Å². The number of hydrogen-bond donors (Lipinski definition) is 2. The molecule has 0 atom stereocenters. The van der Waals surface area contributed by atoms with Crippen LogP contribution in [0.2, 0.25) is 5.02 Å². The number of halogens is 2. The summed E-state index contributed by atoms with van der Waals surface area (Å²) in [5.41, 5.74) is 7.05. The van der Waals surface area contributed by atoms with Gasteiger partial charge in [-0.3, -0.25) is 0 Å². The van der Waals surface area contributed by atoms with Crippen molar-refractivity contribution in [3.8, 4) is 5.88 Å². The third-order valence-electron chi connectivity index (χ3n) is 2.38. The van der Waals surface area contributed by atoms with E-state index >= 15 is 0 Å². The molecule has 2 rings (SSSR count). The number of aromatic nitrogens is 2. The van der Waals surface area contributed by atoms with Crippen LogP contribution >= 0.6 is 27.5 Å². The van der Waals surface area contributed by atoms with Crippen molar-refractivity contribution in [2.24, 2.45) is 0 Å². The maximum atomic E-state index is 6.15. The first-order valence-electron chi connectivity index (χ1n) is 5.96. The Morgan fingerprint density at radius 3 is 2.75 bits per heavy atom. The fourth-order valence-electron chi connectivity index (χ4n) is 1.51. The SMILES string of the molecule is CC(C)Oc1ncnc(Nc2ccc(Br)cc2Cl)c1N. The number of hydrogen-bond acceptors (Lipinski definition) is 5. The molecule has 0 aliphatic carbocycles. The second-order valence-corrected chi connectivity index (χ2v) is 5.68. The highest BCUT2D eigenvalue weighted by atomic mass is 79.9. The third-order valence-corrected chi connectivity index (χ3v) is 3.18. The van der Waals surface area contributed by atoms with Crippen molar-refractivity contribution in [2.75, 3.05) is 11.1 Å². The van der Waals surface area contributed by atoms with Crippen molar-refractivity contribution >= 4 is 44.7 Å². The van der Waals surface area contributed by atoms with Crippen LogP contribution in [0.3, 0.4) is 0 Å². The fourth-order valence-corrected chi connectivity index (χ4v) is 2.24. The minimum absolute atomic E-state index is 0.0173. The minimum atomic E-state index is -0.0173. The van der Waals surface area contributed by atoms with Crippen molar-refractivity contribution < 1.29 is 4.74 Å². The number of ether oxygens (including phenoxy) is 1. The van der Waals surface area contributed by atoms with Crippen molar-refractivity contribution in [3.63, 3.8) is 0 Å². The molecule has 0 unspecified atom stereocenters. The van der Waals surface area contributed by atoms with Gasteiger partial charge >= 0.3 is 0 Å². The molecule has 0 saturated heterocycles. The number of rotatable bonds is 4. The number of anilines is 3. The van der Waals surface area contributed by atoms with E-state index in [1.807, 2.05) is 26.0 Å². The molecule has 1 aromatic carbocycles. The number of benzene rings is 1. The lowest BCUT2D eigenvalue weighted by atomic mass is 10.3. The summed E-state index contributed by atoms with van der Waals surface area (Å²) in [6, 6.07) is 5.49. The summed E-state index contributed by atoms with van der Waals surface area (Å²) in [4.78, 5) is 8.13. The monoisotopic (exact) mass is 356 g/mol. The first-order chi connectivity index (χ1) is 9.47. The van der Waals surface area contributed by atoms with Crippen LogP contribution < -0.4 is 15.8 Å². The zero-order chi connectivity index (χ0) is 14.7. The van der Waals surface area contributed by atoms with Crippen LogP contribution in [-0.4, -0.2) is 16.1 Å². The van der Waals surface area contributed by atoms with Crippen LogP contribution in [0.1, 0.15) is 13.8 Å². The molecule has 0 aliphatic rings. The summed E-state index contributed by atoms with van der Waals surface area (Å²) in [5, 5.41) is 3.63. The van der Waals surface area contributed by atoms with E-state index in [2.05, 4.69) is 31.2 Å². The predicted octanol–water partition coefficient (Wildman–Crippen LogP) is 4.01. The highest BCUT2D eigenvalue weighted by molar-refractivity contribution is 9.10. The first-order valence-corrected chi connectivity index (χ1v) is 7.13. The van der Waals surface area contributed by atoms with E-state index in [9.17, 15) is 0 Å². The molecule has 20 heavy (non-hydrogen) atoms. The van der Waals surface area contributed by atoms with Gasteiger partial charge in [0.15, 0.2) is 5.82 Å². The molecule has 3 N–H and O–H groups in total. The molecule has 0 radical (unpaired) electrons. The molecule has 7 heteroatoms. The quantitative estimate of drug-likeness (QED) is 0.865. The highest BCUT2D eigenvalue weighted by Gasteiger charge is 2.12. The van der Waals surface area contributed by atoms with E-state index in [0.717, 1.165) is 4.47 Å². The van der Waals surface area contributed by atoms with E-state index in [0.29, 0.717) is 28.1 Å². The fraction of sp³-hybridized carbons (Fsp3) is 0.231.